The Morgan fingerprint density at radius 1 is 1.33 bits per heavy atom. The van der Waals surface area contributed by atoms with Gasteiger partial charge in [0.1, 0.15) is 5.82 Å². The predicted octanol–water partition coefficient (Wildman–Crippen LogP) is 3.15. The number of benzene rings is 1. The monoisotopic (exact) mass is 311 g/mol. The van der Waals surface area contributed by atoms with Crippen LogP contribution in [0, 0.1) is 5.82 Å². The minimum absolute atomic E-state index is 0.251. The second kappa shape index (κ2) is 5.82. The number of furan rings is 1. The normalized spacial score (nSPS) is 10.3. The molecular formula is C13H11BrFNO2. The lowest BCUT2D eigenvalue weighted by Gasteiger charge is -2.03. The molecule has 94 valence electrons. The van der Waals surface area contributed by atoms with Crippen LogP contribution in [-0.2, 0) is 6.42 Å². The highest BCUT2D eigenvalue weighted by Crippen LogP contribution is 2.13. The fourth-order valence-corrected chi connectivity index (χ4v) is 1.84. The summed E-state index contributed by atoms with van der Waals surface area (Å²) in [5, 5.41) is 2.70. The summed E-state index contributed by atoms with van der Waals surface area (Å²) in [5.41, 5.74) is 0.843. The third-order valence-electron chi connectivity index (χ3n) is 2.39. The number of nitrogens with one attached hydrogen (secondary N) is 1. The molecule has 2 rings (SSSR count). The van der Waals surface area contributed by atoms with E-state index in [2.05, 4.69) is 21.2 Å². The molecule has 1 aromatic carbocycles. The van der Waals surface area contributed by atoms with E-state index in [0.717, 1.165) is 5.56 Å². The van der Waals surface area contributed by atoms with E-state index >= 15 is 0 Å². The van der Waals surface area contributed by atoms with E-state index in [-0.39, 0.29) is 17.5 Å². The first-order valence-electron chi connectivity index (χ1n) is 5.43. The summed E-state index contributed by atoms with van der Waals surface area (Å²) in [6, 6.07) is 9.55. The maximum Gasteiger partial charge on any atom is 0.287 e. The summed E-state index contributed by atoms with van der Waals surface area (Å²) in [4.78, 5) is 11.6. The molecule has 0 aliphatic heterocycles. The van der Waals surface area contributed by atoms with Crippen LogP contribution in [0.2, 0.25) is 0 Å². The number of carbonyl (C=O) groups is 1. The summed E-state index contributed by atoms with van der Waals surface area (Å²) in [6.45, 7) is 0.431. The molecule has 3 nitrogen and oxygen atoms in total. The SMILES string of the molecule is O=C(NCCc1cccc(F)c1)c1ccc(Br)o1. The van der Waals surface area contributed by atoms with E-state index in [9.17, 15) is 9.18 Å². The number of halogens is 2. The van der Waals surface area contributed by atoms with Crippen molar-refractivity contribution in [2.24, 2.45) is 0 Å². The average molecular weight is 312 g/mol. The second-order valence-electron chi connectivity index (χ2n) is 3.74. The van der Waals surface area contributed by atoms with Gasteiger partial charge in [-0.25, -0.2) is 4.39 Å². The quantitative estimate of drug-likeness (QED) is 0.942. The zero-order valence-corrected chi connectivity index (χ0v) is 11.0. The van der Waals surface area contributed by atoms with Crippen molar-refractivity contribution in [3.05, 3.63) is 58.2 Å². The van der Waals surface area contributed by atoms with Gasteiger partial charge < -0.3 is 9.73 Å². The van der Waals surface area contributed by atoms with E-state index in [0.29, 0.717) is 17.6 Å². The van der Waals surface area contributed by atoms with Crippen LogP contribution in [-0.4, -0.2) is 12.5 Å². The zero-order valence-electron chi connectivity index (χ0n) is 9.45. The van der Waals surface area contributed by atoms with E-state index in [1.54, 1.807) is 18.2 Å². The summed E-state index contributed by atoms with van der Waals surface area (Å²) in [7, 11) is 0. The highest BCUT2D eigenvalue weighted by molar-refractivity contribution is 9.10. The van der Waals surface area contributed by atoms with Gasteiger partial charge in [-0.05, 0) is 52.2 Å². The van der Waals surface area contributed by atoms with Crippen LogP contribution < -0.4 is 5.32 Å². The van der Waals surface area contributed by atoms with Gasteiger partial charge in [-0.1, -0.05) is 12.1 Å². The molecular weight excluding hydrogens is 301 g/mol. The molecule has 2 aromatic rings. The Kier molecular flexibility index (Phi) is 4.15. The number of hydrogen-bond acceptors (Lipinski definition) is 2. The Morgan fingerprint density at radius 2 is 2.17 bits per heavy atom. The van der Waals surface area contributed by atoms with Crippen LogP contribution in [0.1, 0.15) is 16.1 Å². The van der Waals surface area contributed by atoms with Gasteiger partial charge >= 0.3 is 0 Å². The molecule has 0 saturated heterocycles. The first kappa shape index (κ1) is 12.8. The molecule has 0 aliphatic rings. The average Bonchev–Trinajstić information content (AvgIpc) is 2.76. The highest BCUT2D eigenvalue weighted by Gasteiger charge is 2.09. The van der Waals surface area contributed by atoms with E-state index in [1.807, 2.05) is 6.07 Å². The lowest BCUT2D eigenvalue weighted by atomic mass is 10.1. The topological polar surface area (TPSA) is 42.2 Å². The highest BCUT2D eigenvalue weighted by atomic mass is 79.9. The lowest BCUT2D eigenvalue weighted by Crippen LogP contribution is -2.25. The molecule has 1 amide bonds. The molecule has 0 spiro atoms. The Labute approximate surface area is 112 Å². The molecule has 0 saturated carbocycles. The van der Waals surface area contributed by atoms with Gasteiger partial charge in [0.05, 0.1) is 0 Å². The van der Waals surface area contributed by atoms with E-state index in [1.165, 1.54) is 12.1 Å². The maximum atomic E-state index is 12.9. The molecule has 0 radical (unpaired) electrons. The van der Waals surface area contributed by atoms with Crippen LogP contribution in [0.4, 0.5) is 4.39 Å². The van der Waals surface area contributed by atoms with Gasteiger partial charge in [-0.2, -0.15) is 0 Å². The van der Waals surface area contributed by atoms with Gasteiger partial charge in [-0.3, -0.25) is 4.79 Å². The lowest BCUT2D eigenvalue weighted by molar-refractivity contribution is 0.0925. The Morgan fingerprint density at radius 3 is 2.83 bits per heavy atom. The van der Waals surface area contributed by atoms with Crippen molar-refractivity contribution in [2.45, 2.75) is 6.42 Å². The standard InChI is InChI=1S/C13H11BrFNO2/c14-12-5-4-11(18-12)13(17)16-7-6-9-2-1-3-10(15)8-9/h1-5,8H,6-7H2,(H,16,17). The van der Waals surface area contributed by atoms with Crippen LogP contribution in [0.15, 0.2) is 45.5 Å². The Bertz CT molecular complexity index is 553. The molecule has 18 heavy (non-hydrogen) atoms. The molecule has 1 aromatic heterocycles. The van der Waals surface area contributed by atoms with E-state index in [4.69, 9.17) is 4.42 Å². The molecule has 0 unspecified atom stereocenters. The van der Waals surface area contributed by atoms with Crippen molar-refractivity contribution in [1.82, 2.24) is 5.32 Å². The molecule has 1 N–H and O–H groups in total. The van der Waals surface area contributed by atoms with Crippen molar-refractivity contribution in [1.29, 1.82) is 0 Å². The van der Waals surface area contributed by atoms with Crippen molar-refractivity contribution in [3.63, 3.8) is 0 Å². The van der Waals surface area contributed by atoms with Gasteiger partial charge in [0, 0.05) is 6.54 Å². The summed E-state index contributed by atoms with van der Waals surface area (Å²) < 4.78 is 18.5. The fourth-order valence-electron chi connectivity index (χ4n) is 1.54. The maximum absolute atomic E-state index is 12.9. The van der Waals surface area contributed by atoms with Crippen LogP contribution >= 0.6 is 15.9 Å². The molecule has 5 heteroatoms. The summed E-state index contributed by atoms with van der Waals surface area (Å²) >= 11 is 3.12. The van der Waals surface area contributed by atoms with Crippen LogP contribution in [0.3, 0.4) is 0 Å². The number of carbonyl (C=O) groups excluding carboxylic acids is 1. The summed E-state index contributed by atoms with van der Waals surface area (Å²) in [5.74, 6) is -0.299. The third-order valence-corrected chi connectivity index (χ3v) is 2.81. The Hall–Kier alpha value is -1.62. The first-order valence-corrected chi connectivity index (χ1v) is 6.22. The third kappa shape index (κ3) is 3.43. The largest absolute Gasteiger partial charge is 0.444 e. The molecule has 0 atom stereocenters. The van der Waals surface area contributed by atoms with Crippen LogP contribution in [0.5, 0.6) is 0 Å². The smallest absolute Gasteiger partial charge is 0.287 e. The minimum Gasteiger partial charge on any atom is -0.444 e. The molecule has 1 heterocycles. The van der Waals surface area contributed by atoms with Gasteiger partial charge in [-0.15, -0.1) is 0 Å². The summed E-state index contributed by atoms with van der Waals surface area (Å²) in [6.07, 6.45) is 0.575. The molecule has 0 fully saturated rings. The number of rotatable bonds is 4. The fraction of sp³-hybridized carbons (Fsp3) is 0.154. The van der Waals surface area contributed by atoms with E-state index < -0.39 is 0 Å². The van der Waals surface area contributed by atoms with Gasteiger partial charge in [0.25, 0.3) is 5.91 Å². The van der Waals surface area contributed by atoms with Gasteiger partial charge in [0.15, 0.2) is 10.4 Å². The number of amides is 1. The molecule has 0 aliphatic carbocycles. The Balaban J connectivity index is 1.84. The minimum atomic E-state index is -0.280. The van der Waals surface area contributed by atoms with Gasteiger partial charge in [0.2, 0.25) is 0 Å². The number of hydrogen-bond donors (Lipinski definition) is 1. The van der Waals surface area contributed by atoms with Crippen LogP contribution in [0.25, 0.3) is 0 Å². The predicted molar refractivity (Wildman–Crippen MR) is 68.8 cm³/mol. The van der Waals surface area contributed by atoms with Crippen molar-refractivity contribution in [3.8, 4) is 0 Å². The molecule has 0 bridgehead atoms. The second-order valence-corrected chi connectivity index (χ2v) is 4.52. The first-order chi connectivity index (χ1) is 8.65. The van der Waals surface area contributed by atoms with Crippen molar-refractivity contribution in [2.75, 3.05) is 6.54 Å². The van der Waals surface area contributed by atoms with Crippen molar-refractivity contribution >= 4 is 21.8 Å². The zero-order chi connectivity index (χ0) is 13.0. The van der Waals surface area contributed by atoms with Crippen molar-refractivity contribution < 1.29 is 13.6 Å².